The van der Waals surface area contributed by atoms with Crippen LogP contribution >= 0.6 is 15.8 Å². The van der Waals surface area contributed by atoms with Gasteiger partial charge in [-0.05, 0) is 104 Å². The van der Waals surface area contributed by atoms with E-state index in [1.54, 1.807) is 36.4 Å². The Hall–Kier alpha value is -5.38. The monoisotopic (exact) mass is 704 g/mol. The minimum Gasteiger partial charge on any atom is -0.0622 e. The van der Waals surface area contributed by atoms with Crippen molar-refractivity contribution in [3.05, 3.63) is 228 Å². The number of benzene rings is 8. The van der Waals surface area contributed by atoms with Crippen molar-refractivity contribution in [1.29, 1.82) is 0 Å². The van der Waals surface area contributed by atoms with Gasteiger partial charge in [-0.2, -0.15) is 0 Å². The molecule has 2 aliphatic carbocycles. The first kappa shape index (κ1) is 16.3. The third-order valence-electron chi connectivity index (χ3n) is 9.41. The van der Waals surface area contributed by atoms with Gasteiger partial charge in [-0.25, -0.2) is 0 Å². The van der Waals surface area contributed by atoms with E-state index in [2.05, 4.69) is 0 Å². The predicted molar refractivity (Wildman–Crippen MR) is 220 cm³/mol. The van der Waals surface area contributed by atoms with Crippen molar-refractivity contribution in [1.82, 2.24) is 0 Å². The lowest BCUT2D eigenvalue weighted by atomic mass is 9.70. The molecule has 0 radical (unpaired) electrons. The van der Waals surface area contributed by atoms with Gasteiger partial charge in [-0.15, -0.1) is 0 Å². The van der Waals surface area contributed by atoms with Crippen LogP contribution in [0.1, 0.15) is 49.7 Å². The van der Waals surface area contributed by atoms with Crippen LogP contribution in [-0.2, 0) is 5.41 Å². The zero-order chi connectivity index (χ0) is 51.2. The number of hydrogen-bond donors (Lipinski definition) is 0. The van der Waals surface area contributed by atoms with Gasteiger partial charge in [-0.1, -0.05) is 194 Å². The molecule has 0 amide bonds. The highest BCUT2D eigenvalue weighted by molar-refractivity contribution is 7.80. The van der Waals surface area contributed by atoms with Crippen LogP contribution in [0.3, 0.4) is 0 Å². The first-order valence-electron chi connectivity index (χ1n) is 26.0. The summed E-state index contributed by atoms with van der Waals surface area (Å²) in [5.41, 5.74) is 4.38. The number of hydrogen-bond acceptors (Lipinski definition) is 0. The van der Waals surface area contributed by atoms with Crippen LogP contribution in [0.25, 0.3) is 22.3 Å². The average molecular weight is 705 g/mol. The van der Waals surface area contributed by atoms with E-state index in [1.807, 2.05) is 48.5 Å². The molecule has 0 aromatic heterocycles. The summed E-state index contributed by atoms with van der Waals surface area (Å²) < 4.78 is 177. The highest BCUT2D eigenvalue weighted by Gasteiger charge is 2.52. The maximum absolute atomic E-state index is 9.18. The van der Waals surface area contributed by atoms with E-state index < -0.39 is 142 Å². The zero-order valence-electron chi connectivity index (χ0n) is 46.5. The van der Waals surface area contributed by atoms with Crippen molar-refractivity contribution in [2.75, 3.05) is 0 Å². The fraction of sp³-hybridized carbons (Fsp3) is 0.0204. The van der Waals surface area contributed by atoms with E-state index in [0.29, 0.717) is 22.3 Å². The molecule has 51 heavy (non-hydrogen) atoms. The molecule has 0 unspecified atom stereocenters. The molecule has 2 aliphatic rings. The standard InChI is InChI=1S/C49H34P2/c1-5-17-35(18-6-1)50(36-19-7-2-8-20-36)39-29-31-43-44-32-30-40(51(37-21-9-3-10-22-37)38-23-11-4-12-24-38)34-48(44)49(47(43)33-39)45-27-15-13-25-41(45)42-26-14-16-28-46(42)49/h1-34H/i1D,2D,3D,4D,5D,6D,7D,8D,9D,10D,11D,12D,17D,18D,19D,20D,21D,22D,23D,24D. The van der Waals surface area contributed by atoms with Crippen LogP contribution < -0.4 is 31.8 Å². The second-order valence-corrected chi connectivity index (χ2v) is 16.0. The molecule has 240 valence electrons. The van der Waals surface area contributed by atoms with Gasteiger partial charge in [0.2, 0.25) is 0 Å². The van der Waals surface area contributed by atoms with Crippen LogP contribution in [-0.4, -0.2) is 0 Å². The largest absolute Gasteiger partial charge is 0.0726 e. The van der Waals surface area contributed by atoms with Gasteiger partial charge < -0.3 is 0 Å². The molecule has 8 aromatic rings. The molecule has 0 nitrogen and oxygen atoms in total. The van der Waals surface area contributed by atoms with Crippen LogP contribution in [0, 0.1) is 0 Å². The normalized spacial score (nSPS) is 18.7. The molecular formula is C49H34P2. The third-order valence-corrected chi connectivity index (χ3v) is 13.7. The molecule has 0 bridgehead atoms. The quantitative estimate of drug-likeness (QED) is 0.151. The molecule has 1 spiro atoms. The first-order chi connectivity index (χ1) is 33.6. The first-order valence-corrected chi connectivity index (χ1v) is 18.7. The molecular weight excluding hydrogens is 650 g/mol. The lowest BCUT2D eigenvalue weighted by Gasteiger charge is -2.32. The van der Waals surface area contributed by atoms with Crippen molar-refractivity contribution >= 4 is 47.7 Å². The number of rotatable bonds is 6. The maximum atomic E-state index is 9.18. The van der Waals surface area contributed by atoms with Crippen LogP contribution in [0.2, 0.25) is 0 Å². The Morgan fingerprint density at radius 3 is 0.980 bits per heavy atom. The Kier molecular flexibility index (Phi) is 3.98. The topological polar surface area (TPSA) is 0 Å². The SMILES string of the molecule is [2H]c1c([2H])c([2H])c(P(c2ccc3c(c2)C2(c4ccccc4-c4ccccc42)c2cc(P(c4c([2H])c([2H])c([2H])c([2H])c4[2H])c4c([2H])c([2H])c([2H])c([2H])c4[2H])ccc2-3)c2c([2H])c([2H])c([2H])c([2H])c2[2H])c([2H])c1[2H]. The van der Waals surface area contributed by atoms with E-state index >= 15 is 0 Å². The van der Waals surface area contributed by atoms with Gasteiger partial charge in [-0.3, -0.25) is 0 Å². The van der Waals surface area contributed by atoms with Gasteiger partial charge >= 0.3 is 0 Å². The van der Waals surface area contributed by atoms with Gasteiger partial charge in [0.05, 0.1) is 32.8 Å². The van der Waals surface area contributed by atoms with Crippen LogP contribution in [0.5, 0.6) is 0 Å². The van der Waals surface area contributed by atoms with E-state index in [1.165, 1.54) is 0 Å². The van der Waals surface area contributed by atoms with Gasteiger partial charge in [0.15, 0.2) is 0 Å². The Labute approximate surface area is 330 Å². The summed E-state index contributed by atoms with van der Waals surface area (Å²) in [5, 5.41) is -0.466. The molecule has 0 fully saturated rings. The molecule has 0 saturated heterocycles. The lowest BCUT2D eigenvalue weighted by Crippen LogP contribution is -2.29. The highest BCUT2D eigenvalue weighted by Crippen LogP contribution is 2.63. The van der Waals surface area contributed by atoms with E-state index in [9.17, 15) is 11.0 Å². The van der Waals surface area contributed by atoms with E-state index in [4.69, 9.17) is 16.4 Å². The number of fused-ring (bicyclic) bond motifs is 10. The van der Waals surface area contributed by atoms with Gasteiger partial charge in [0.1, 0.15) is 0 Å². The molecule has 0 atom stereocenters. The Bertz CT molecular complexity index is 3210. The molecule has 0 saturated carbocycles. The second kappa shape index (κ2) is 12.4. The van der Waals surface area contributed by atoms with Gasteiger partial charge in [0.25, 0.3) is 0 Å². The zero-order valence-corrected chi connectivity index (χ0v) is 28.3. The summed E-state index contributed by atoms with van der Waals surface area (Å²) >= 11 is 0. The van der Waals surface area contributed by atoms with Crippen molar-refractivity contribution in [3.63, 3.8) is 0 Å². The summed E-state index contributed by atoms with van der Waals surface area (Å²) in [5.74, 6) is 0. The Morgan fingerprint density at radius 1 is 0.314 bits per heavy atom. The van der Waals surface area contributed by atoms with Crippen molar-refractivity contribution < 1.29 is 27.4 Å². The summed E-state index contributed by atoms with van der Waals surface area (Å²) in [6.45, 7) is 0. The van der Waals surface area contributed by atoms with Crippen molar-refractivity contribution in [3.8, 4) is 22.3 Å². The van der Waals surface area contributed by atoms with E-state index in [0.717, 1.165) is 22.3 Å². The molecule has 8 aromatic carbocycles. The summed E-state index contributed by atoms with van der Waals surface area (Å²) in [4.78, 5) is 0. The fourth-order valence-corrected chi connectivity index (χ4v) is 11.3. The highest BCUT2D eigenvalue weighted by atomic mass is 31.1. The van der Waals surface area contributed by atoms with Crippen LogP contribution in [0.4, 0.5) is 0 Å². The van der Waals surface area contributed by atoms with Crippen LogP contribution in [0.15, 0.2) is 206 Å². The lowest BCUT2D eigenvalue weighted by molar-refractivity contribution is 0.795. The fourth-order valence-electron chi connectivity index (χ4n) is 7.55. The van der Waals surface area contributed by atoms with Gasteiger partial charge in [0, 0.05) is 0 Å². The Balaban J connectivity index is 1.34. The Morgan fingerprint density at radius 2 is 0.627 bits per heavy atom. The summed E-state index contributed by atoms with van der Waals surface area (Å²) in [6, 6.07) is 12.7. The smallest absolute Gasteiger partial charge is 0.0622 e. The second-order valence-electron chi connectivity index (χ2n) is 11.9. The molecule has 0 N–H and O–H groups in total. The summed E-state index contributed by atoms with van der Waals surface area (Å²) in [6.07, 6.45) is 0. The predicted octanol–water partition coefficient (Wildman–Crippen LogP) is 9.55. The minimum atomic E-state index is -2.56. The van der Waals surface area contributed by atoms with Crippen molar-refractivity contribution in [2.45, 2.75) is 5.41 Å². The summed E-state index contributed by atoms with van der Waals surface area (Å²) in [7, 11) is -5.11. The average Bonchev–Trinajstić information content (AvgIpc) is 3.84. The maximum Gasteiger partial charge on any atom is 0.0726 e. The molecule has 2 heteroatoms. The molecule has 10 rings (SSSR count). The minimum absolute atomic E-state index is 0.258. The van der Waals surface area contributed by atoms with Crippen molar-refractivity contribution in [2.24, 2.45) is 0 Å². The molecule has 0 aliphatic heterocycles. The molecule has 0 heterocycles. The third kappa shape index (κ3) is 4.75. The van der Waals surface area contributed by atoms with E-state index in [-0.39, 0.29) is 31.8 Å².